The van der Waals surface area contributed by atoms with Crippen molar-refractivity contribution < 1.29 is 0 Å². The topological polar surface area (TPSA) is 0 Å². The molecule has 13 heavy (non-hydrogen) atoms. The highest BCUT2D eigenvalue weighted by Gasteiger charge is 2.17. The van der Waals surface area contributed by atoms with E-state index < -0.39 is 0 Å². The van der Waals surface area contributed by atoms with Gasteiger partial charge in [0, 0.05) is 0 Å². The number of hydrogen-bond acceptors (Lipinski definition) is 0. The molecule has 0 fully saturated rings. The van der Waals surface area contributed by atoms with Crippen LogP contribution >= 0.6 is 0 Å². The number of rotatable bonds is 2. The van der Waals surface area contributed by atoms with Crippen LogP contribution in [-0.2, 0) is 0 Å². The first-order valence-electron chi connectivity index (χ1n) is 6.03. The monoisotopic (exact) mass is 180 g/mol. The minimum Gasteiger partial charge on any atom is -0.0885 e. The minimum atomic E-state index is 0.958. The van der Waals surface area contributed by atoms with Crippen molar-refractivity contribution in [1.29, 1.82) is 0 Å². The van der Waals surface area contributed by atoms with Gasteiger partial charge in [-0.3, -0.25) is 0 Å². The van der Waals surface area contributed by atoms with Gasteiger partial charge in [-0.2, -0.15) is 0 Å². The van der Waals surface area contributed by atoms with Gasteiger partial charge in [-0.05, 0) is 31.1 Å². The summed E-state index contributed by atoms with van der Waals surface area (Å²) in [5.41, 5.74) is 0. The van der Waals surface area contributed by atoms with E-state index in [9.17, 15) is 0 Å². The van der Waals surface area contributed by atoms with Crippen molar-refractivity contribution in [1.82, 2.24) is 0 Å². The van der Waals surface area contributed by atoms with Crippen LogP contribution in [0.15, 0.2) is 12.2 Å². The minimum absolute atomic E-state index is 0.958. The maximum absolute atomic E-state index is 2.42. The largest absolute Gasteiger partial charge is 0.0885 e. The van der Waals surface area contributed by atoms with Crippen LogP contribution in [0.4, 0.5) is 0 Å². The summed E-state index contributed by atoms with van der Waals surface area (Å²) in [6.07, 6.45) is 14.5. The van der Waals surface area contributed by atoms with Crippen molar-refractivity contribution in [3.05, 3.63) is 12.2 Å². The van der Waals surface area contributed by atoms with Gasteiger partial charge in [0.2, 0.25) is 0 Å². The molecule has 0 radical (unpaired) electrons. The molecule has 2 unspecified atom stereocenters. The summed E-state index contributed by atoms with van der Waals surface area (Å²) in [6, 6.07) is 0. The van der Waals surface area contributed by atoms with Gasteiger partial charge in [-0.15, -0.1) is 0 Å². The van der Waals surface area contributed by atoms with E-state index in [0.717, 1.165) is 11.8 Å². The van der Waals surface area contributed by atoms with E-state index in [2.05, 4.69) is 26.0 Å². The summed E-state index contributed by atoms with van der Waals surface area (Å²) >= 11 is 0. The molecular formula is C13H24. The Hall–Kier alpha value is -0.260. The second-order valence-corrected chi connectivity index (χ2v) is 4.33. The Bertz CT molecular complexity index is 146. The van der Waals surface area contributed by atoms with Crippen LogP contribution in [0.2, 0.25) is 0 Å². The highest BCUT2D eigenvalue weighted by atomic mass is 14.2. The van der Waals surface area contributed by atoms with Crippen LogP contribution < -0.4 is 0 Å². The van der Waals surface area contributed by atoms with Crippen molar-refractivity contribution in [2.45, 2.75) is 58.8 Å². The van der Waals surface area contributed by atoms with Crippen LogP contribution in [-0.4, -0.2) is 0 Å². The summed E-state index contributed by atoms with van der Waals surface area (Å²) in [5, 5.41) is 0. The Morgan fingerprint density at radius 3 is 2.46 bits per heavy atom. The molecule has 0 N–H and O–H groups in total. The molecule has 0 heteroatoms. The predicted molar refractivity (Wildman–Crippen MR) is 59.8 cm³/mol. The van der Waals surface area contributed by atoms with E-state index in [0.29, 0.717) is 0 Å². The molecule has 0 aliphatic heterocycles. The molecule has 0 saturated carbocycles. The third-order valence-corrected chi connectivity index (χ3v) is 3.52. The highest BCUT2D eigenvalue weighted by Crippen LogP contribution is 2.29. The maximum atomic E-state index is 2.42. The Labute approximate surface area is 83.4 Å². The van der Waals surface area contributed by atoms with Crippen LogP contribution in [0.5, 0.6) is 0 Å². The van der Waals surface area contributed by atoms with E-state index in [-0.39, 0.29) is 0 Å². The van der Waals surface area contributed by atoms with Crippen molar-refractivity contribution in [3.63, 3.8) is 0 Å². The summed E-state index contributed by atoms with van der Waals surface area (Å²) in [7, 11) is 0. The van der Waals surface area contributed by atoms with Crippen LogP contribution in [0.25, 0.3) is 0 Å². The SMILES string of the molecule is CCC1CC=CCCCCC1CC. The van der Waals surface area contributed by atoms with E-state index in [1.165, 1.54) is 44.9 Å². The molecule has 0 heterocycles. The molecule has 1 aliphatic rings. The third kappa shape index (κ3) is 3.54. The van der Waals surface area contributed by atoms with Crippen LogP contribution in [0.1, 0.15) is 58.8 Å². The summed E-state index contributed by atoms with van der Waals surface area (Å²) in [4.78, 5) is 0. The lowest BCUT2D eigenvalue weighted by Crippen LogP contribution is -2.12. The fourth-order valence-corrected chi connectivity index (χ4v) is 2.52. The Morgan fingerprint density at radius 2 is 1.77 bits per heavy atom. The maximum Gasteiger partial charge on any atom is -0.0320 e. The zero-order valence-corrected chi connectivity index (χ0v) is 9.26. The van der Waals surface area contributed by atoms with Gasteiger partial charge < -0.3 is 0 Å². The van der Waals surface area contributed by atoms with Gasteiger partial charge in [0.25, 0.3) is 0 Å². The van der Waals surface area contributed by atoms with Crippen molar-refractivity contribution >= 4 is 0 Å². The van der Waals surface area contributed by atoms with E-state index in [4.69, 9.17) is 0 Å². The Morgan fingerprint density at radius 1 is 1.00 bits per heavy atom. The van der Waals surface area contributed by atoms with Gasteiger partial charge in [0.1, 0.15) is 0 Å². The first-order valence-corrected chi connectivity index (χ1v) is 6.03. The molecule has 0 spiro atoms. The van der Waals surface area contributed by atoms with E-state index in [1.54, 1.807) is 0 Å². The summed E-state index contributed by atoms with van der Waals surface area (Å²) in [5.74, 6) is 1.95. The lowest BCUT2D eigenvalue weighted by molar-refractivity contribution is 0.291. The zero-order valence-electron chi connectivity index (χ0n) is 9.26. The lowest BCUT2D eigenvalue weighted by atomic mass is 9.82. The fourth-order valence-electron chi connectivity index (χ4n) is 2.52. The molecule has 0 saturated heterocycles. The molecule has 0 aromatic rings. The van der Waals surface area contributed by atoms with Gasteiger partial charge in [-0.25, -0.2) is 0 Å². The van der Waals surface area contributed by atoms with Crippen LogP contribution in [0.3, 0.4) is 0 Å². The standard InChI is InChI=1S/C13H24/c1-3-12-10-8-6-5-7-9-11-13(12)4-2/h6,8,12-13H,3-5,7,9-11H2,1-2H3. The Kier molecular flexibility index (Phi) is 5.19. The summed E-state index contributed by atoms with van der Waals surface area (Å²) < 4.78 is 0. The normalized spacial score (nSPS) is 30.6. The second-order valence-electron chi connectivity index (χ2n) is 4.33. The molecule has 76 valence electrons. The first-order chi connectivity index (χ1) is 6.38. The van der Waals surface area contributed by atoms with Crippen molar-refractivity contribution in [2.75, 3.05) is 0 Å². The summed E-state index contributed by atoms with van der Waals surface area (Å²) in [6.45, 7) is 4.70. The molecule has 0 bridgehead atoms. The smallest absolute Gasteiger partial charge is 0.0320 e. The zero-order chi connectivity index (χ0) is 9.52. The average molecular weight is 180 g/mol. The molecule has 2 atom stereocenters. The van der Waals surface area contributed by atoms with Gasteiger partial charge in [-0.1, -0.05) is 51.7 Å². The van der Waals surface area contributed by atoms with Crippen LogP contribution in [0, 0.1) is 11.8 Å². The highest BCUT2D eigenvalue weighted by molar-refractivity contribution is 4.87. The fraction of sp³-hybridized carbons (Fsp3) is 0.846. The van der Waals surface area contributed by atoms with Gasteiger partial charge in [0.15, 0.2) is 0 Å². The van der Waals surface area contributed by atoms with Crippen molar-refractivity contribution in [2.24, 2.45) is 11.8 Å². The molecule has 0 aromatic heterocycles. The van der Waals surface area contributed by atoms with E-state index >= 15 is 0 Å². The number of hydrogen-bond donors (Lipinski definition) is 0. The number of allylic oxidation sites excluding steroid dienone is 2. The average Bonchev–Trinajstić information content (AvgIpc) is 2.28. The molecule has 0 nitrogen and oxygen atoms in total. The lowest BCUT2D eigenvalue weighted by Gasteiger charge is -2.23. The van der Waals surface area contributed by atoms with Crippen molar-refractivity contribution in [3.8, 4) is 0 Å². The van der Waals surface area contributed by atoms with E-state index in [1.807, 2.05) is 0 Å². The van der Waals surface area contributed by atoms with Gasteiger partial charge >= 0.3 is 0 Å². The third-order valence-electron chi connectivity index (χ3n) is 3.52. The predicted octanol–water partition coefficient (Wildman–Crippen LogP) is 4.56. The molecule has 1 rings (SSSR count). The second kappa shape index (κ2) is 6.23. The quantitative estimate of drug-likeness (QED) is 0.546. The first kappa shape index (κ1) is 10.8. The molecule has 1 aliphatic carbocycles. The molecular weight excluding hydrogens is 156 g/mol. The Balaban J connectivity index is 2.51. The van der Waals surface area contributed by atoms with Gasteiger partial charge in [0.05, 0.1) is 0 Å². The molecule has 0 amide bonds. The molecule has 0 aromatic carbocycles.